The van der Waals surface area contributed by atoms with Gasteiger partial charge in [0.25, 0.3) is 5.91 Å². The second-order valence-electron chi connectivity index (χ2n) is 6.37. The number of aliphatic hydroxyl groups excluding tert-OH is 1. The van der Waals surface area contributed by atoms with Gasteiger partial charge < -0.3 is 10.4 Å². The normalized spacial score (nSPS) is 13.1. The summed E-state index contributed by atoms with van der Waals surface area (Å²) in [5.41, 5.74) is 1.18. The van der Waals surface area contributed by atoms with E-state index < -0.39 is 6.10 Å². The van der Waals surface area contributed by atoms with Gasteiger partial charge in [0, 0.05) is 6.54 Å². The van der Waals surface area contributed by atoms with Gasteiger partial charge in [-0.3, -0.25) is 4.79 Å². The molecule has 21 heavy (non-hydrogen) atoms. The summed E-state index contributed by atoms with van der Waals surface area (Å²) in [5.74, 6) is 0.422. The molecule has 0 bridgehead atoms. The fourth-order valence-corrected chi connectivity index (χ4v) is 2.84. The first-order valence-corrected chi connectivity index (χ1v) is 8.22. The number of hydrogen-bond donors (Lipinski definition) is 2. The van der Waals surface area contributed by atoms with Crippen LogP contribution in [0.15, 0.2) is 5.03 Å². The maximum atomic E-state index is 12.3. The van der Waals surface area contributed by atoms with Crippen LogP contribution in [0.5, 0.6) is 0 Å². The van der Waals surface area contributed by atoms with Crippen LogP contribution >= 0.6 is 11.8 Å². The Hall–Kier alpha value is -1.14. The fourth-order valence-electron chi connectivity index (χ4n) is 2.17. The number of rotatable bonds is 5. The highest BCUT2D eigenvalue weighted by Gasteiger charge is 2.20. The van der Waals surface area contributed by atoms with Crippen molar-refractivity contribution in [2.45, 2.75) is 52.2 Å². The molecule has 0 spiro atoms. The molecule has 2 N–H and O–H groups in total. The molecule has 0 saturated heterocycles. The van der Waals surface area contributed by atoms with E-state index in [-0.39, 0.29) is 17.9 Å². The molecule has 0 radical (unpaired) electrons. The molecule has 1 aromatic heterocycles. The van der Waals surface area contributed by atoms with E-state index in [9.17, 15) is 9.90 Å². The number of amides is 1. The van der Waals surface area contributed by atoms with Crippen LogP contribution in [0.3, 0.4) is 0 Å². The molecule has 1 atom stereocenters. The lowest BCUT2D eigenvalue weighted by atomic mass is 9.89. The van der Waals surface area contributed by atoms with Crippen molar-refractivity contribution in [1.82, 2.24) is 15.3 Å². The summed E-state index contributed by atoms with van der Waals surface area (Å²) in [6.45, 7) is 10.0. The number of nitrogens with one attached hydrogen (secondary N) is 1. The summed E-state index contributed by atoms with van der Waals surface area (Å²) in [4.78, 5) is 20.8. The minimum absolute atomic E-state index is 0.0253. The van der Waals surface area contributed by atoms with Crippen molar-refractivity contribution >= 4 is 17.7 Å². The molecule has 0 saturated carbocycles. The van der Waals surface area contributed by atoms with Gasteiger partial charge in [-0.15, -0.1) is 11.8 Å². The molecule has 1 aromatic rings. The van der Waals surface area contributed by atoms with E-state index >= 15 is 0 Å². The van der Waals surface area contributed by atoms with Crippen LogP contribution in [-0.4, -0.2) is 39.9 Å². The van der Waals surface area contributed by atoms with Crippen LogP contribution in [0.4, 0.5) is 0 Å². The van der Waals surface area contributed by atoms with Crippen molar-refractivity contribution in [1.29, 1.82) is 0 Å². The zero-order valence-corrected chi connectivity index (χ0v) is 14.5. The predicted molar refractivity (Wildman–Crippen MR) is 85.7 cm³/mol. The number of nitrogens with zero attached hydrogens (tertiary/aromatic N) is 2. The lowest BCUT2D eigenvalue weighted by Gasteiger charge is -2.22. The van der Waals surface area contributed by atoms with Gasteiger partial charge in [0.05, 0.1) is 17.4 Å². The third-order valence-corrected chi connectivity index (χ3v) is 3.62. The first-order valence-electron chi connectivity index (χ1n) is 6.99. The van der Waals surface area contributed by atoms with Crippen LogP contribution in [-0.2, 0) is 0 Å². The molecule has 0 aliphatic carbocycles. The smallest absolute Gasteiger partial charge is 0.255 e. The van der Waals surface area contributed by atoms with Crippen molar-refractivity contribution in [3.8, 4) is 0 Å². The number of thioether (sulfide) groups is 1. The van der Waals surface area contributed by atoms with Gasteiger partial charge in [-0.2, -0.15) is 0 Å². The molecule has 1 rings (SSSR count). The molecule has 6 heteroatoms. The van der Waals surface area contributed by atoms with Crippen molar-refractivity contribution in [3.05, 3.63) is 17.1 Å². The Morgan fingerprint density at radius 1 is 1.33 bits per heavy atom. The van der Waals surface area contributed by atoms with E-state index in [1.807, 2.05) is 13.2 Å². The van der Waals surface area contributed by atoms with E-state index in [0.717, 1.165) is 0 Å². The quantitative estimate of drug-likeness (QED) is 0.645. The van der Waals surface area contributed by atoms with Gasteiger partial charge in [0.1, 0.15) is 10.9 Å². The molecule has 118 valence electrons. The lowest BCUT2D eigenvalue weighted by molar-refractivity contribution is 0.0864. The van der Waals surface area contributed by atoms with Crippen molar-refractivity contribution < 1.29 is 9.90 Å². The van der Waals surface area contributed by atoms with Gasteiger partial charge in [0.15, 0.2) is 0 Å². The molecular formula is C15H25N3O2S. The Labute approximate surface area is 131 Å². The molecule has 1 heterocycles. The molecule has 0 aliphatic heterocycles. The van der Waals surface area contributed by atoms with E-state index in [2.05, 4.69) is 36.1 Å². The van der Waals surface area contributed by atoms with Gasteiger partial charge >= 0.3 is 0 Å². The summed E-state index contributed by atoms with van der Waals surface area (Å²) in [6, 6.07) is 0. The summed E-state index contributed by atoms with van der Waals surface area (Å²) in [5, 5.41) is 13.4. The van der Waals surface area contributed by atoms with Crippen LogP contribution in [0.25, 0.3) is 0 Å². The topological polar surface area (TPSA) is 75.1 Å². The SMILES string of the molecule is CSc1nc(C)nc(C)c1C(=O)NCC(O)CC(C)(C)C. The minimum atomic E-state index is -0.557. The number of aryl methyl sites for hydroxylation is 2. The van der Waals surface area contributed by atoms with Crippen LogP contribution < -0.4 is 5.32 Å². The highest BCUT2D eigenvalue weighted by Crippen LogP contribution is 2.22. The summed E-state index contributed by atoms with van der Waals surface area (Å²) in [7, 11) is 0. The van der Waals surface area contributed by atoms with E-state index in [1.165, 1.54) is 11.8 Å². The van der Waals surface area contributed by atoms with Crippen LogP contribution in [0.2, 0.25) is 0 Å². The van der Waals surface area contributed by atoms with E-state index in [4.69, 9.17) is 0 Å². The number of aromatic nitrogens is 2. The van der Waals surface area contributed by atoms with Gasteiger partial charge in [-0.25, -0.2) is 9.97 Å². The third kappa shape index (κ3) is 5.63. The Bertz CT molecular complexity index is 512. The van der Waals surface area contributed by atoms with E-state index in [0.29, 0.717) is 28.5 Å². The Balaban J connectivity index is 2.77. The minimum Gasteiger partial charge on any atom is -0.391 e. The lowest BCUT2D eigenvalue weighted by Crippen LogP contribution is -2.35. The second-order valence-corrected chi connectivity index (χ2v) is 7.16. The van der Waals surface area contributed by atoms with E-state index in [1.54, 1.807) is 6.92 Å². The first-order chi connectivity index (χ1) is 9.64. The molecule has 1 unspecified atom stereocenters. The number of hydrogen-bond acceptors (Lipinski definition) is 5. The summed E-state index contributed by atoms with van der Waals surface area (Å²) in [6.07, 6.45) is 1.96. The number of carbonyl (C=O) groups is 1. The number of aliphatic hydroxyl groups is 1. The maximum Gasteiger partial charge on any atom is 0.255 e. The Morgan fingerprint density at radius 2 is 1.95 bits per heavy atom. The highest BCUT2D eigenvalue weighted by atomic mass is 32.2. The monoisotopic (exact) mass is 311 g/mol. The average Bonchev–Trinajstić information content (AvgIpc) is 2.32. The molecule has 0 fully saturated rings. The molecular weight excluding hydrogens is 286 g/mol. The van der Waals surface area contributed by atoms with Crippen molar-refractivity contribution in [2.75, 3.05) is 12.8 Å². The molecule has 0 aliphatic rings. The highest BCUT2D eigenvalue weighted by molar-refractivity contribution is 7.98. The summed E-state index contributed by atoms with van der Waals surface area (Å²) >= 11 is 1.42. The second kappa shape index (κ2) is 7.22. The number of carbonyl (C=O) groups excluding carboxylic acids is 1. The zero-order valence-electron chi connectivity index (χ0n) is 13.6. The van der Waals surface area contributed by atoms with Crippen LogP contribution in [0, 0.1) is 19.3 Å². The Morgan fingerprint density at radius 3 is 2.48 bits per heavy atom. The zero-order chi connectivity index (χ0) is 16.2. The maximum absolute atomic E-state index is 12.3. The molecule has 5 nitrogen and oxygen atoms in total. The van der Waals surface area contributed by atoms with Gasteiger partial charge in [0.2, 0.25) is 0 Å². The third-order valence-electron chi connectivity index (χ3n) is 2.94. The molecule has 1 amide bonds. The summed E-state index contributed by atoms with van der Waals surface area (Å²) < 4.78 is 0. The first kappa shape index (κ1) is 17.9. The van der Waals surface area contributed by atoms with Gasteiger partial charge in [-0.05, 0) is 31.9 Å². The average molecular weight is 311 g/mol. The molecule has 0 aromatic carbocycles. The Kier molecular flexibility index (Phi) is 6.16. The largest absolute Gasteiger partial charge is 0.391 e. The van der Waals surface area contributed by atoms with Crippen molar-refractivity contribution in [3.63, 3.8) is 0 Å². The van der Waals surface area contributed by atoms with Crippen LogP contribution in [0.1, 0.15) is 49.1 Å². The fraction of sp³-hybridized carbons (Fsp3) is 0.667. The predicted octanol–water partition coefficient (Wildman–Crippen LogP) is 2.34. The van der Waals surface area contributed by atoms with Gasteiger partial charge in [-0.1, -0.05) is 20.8 Å². The standard InChI is InChI=1S/C15H25N3O2S/c1-9-12(14(21-6)18-10(2)17-9)13(20)16-8-11(19)7-15(3,4)5/h11,19H,7-8H2,1-6H3,(H,16,20). The van der Waals surface area contributed by atoms with Crippen molar-refractivity contribution in [2.24, 2.45) is 5.41 Å².